The van der Waals surface area contributed by atoms with Crippen molar-refractivity contribution in [2.75, 3.05) is 13.1 Å². The van der Waals surface area contributed by atoms with Crippen LogP contribution in [0, 0.1) is 0 Å². The molecule has 0 spiro atoms. The second-order valence-electron chi connectivity index (χ2n) is 4.14. The highest BCUT2D eigenvalue weighted by atomic mass is 16.7. The lowest BCUT2D eigenvalue weighted by atomic mass is 10.2. The van der Waals surface area contributed by atoms with Crippen molar-refractivity contribution in [1.82, 2.24) is 0 Å². The maximum Gasteiger partial charge on any atom is 0.513 e. The van der Waals surface area contributed by atoms with Crippen molar-refractivity contribution in [1.29, 1.82) is 0 Å². The van der Waals surface area contributed by atoms with Gasteiger partial charge in [0.2, 0.25) is 0 Å². The van der Waals surface area contributed by atoms with E-state index < -0.39 is 12.3 Å². The maximum atomic E-state index is 11.5. The van der Waals surface area contributed by atoms with Crippen molar-refractivity contribution in [2.24, 2.45) is 0 Å². The molecule has 0 heterocycles. The molecule has 1 rings (SSSR count). The number of carbonyl (C=O) groups excluding carboxylic acids is 2. The summed E-state index contributed by atoms with van der Waals surface area (Å²) in [5.41, 5.74) is 0. The molecule has 0 aliphatic heterocycles. The topological polar surface area (TPSA) is 71.1 Å². The Bertz CT molecular complexity index is 463. The number of unbranched alkanes of at least 4 members (excludes halogenated alkanes) is 2. The molecule has 0 unspecified atom stereocenters. The molecular formula is C14H19BO6. The van der Waals surface area contributed by atoms with E-state index in [0.717, 1.165) is 19.3 Å². The molecule has 0 atom stereocenters. The quantitative estimate of drug-likeness (QED) is 0.333. The van der Waals surface area contributed by atoms with E-state index in [4.69, 9.17) is 14.2 Å². The van der Waals surface area contributed by atoms with E-state index in [1.54, 1.807) is 20.0 Å². The zero-order valence-corrected chi connectivity index (χ0v) is 12.3. The van der Waals surface area contributed by atoms with Crippen LogP contribution in [0.2, 0.25) is 0 Å². The van der Waals surface area contributed by atoms with E-state index >= 15 is 0 Å². The van der Waals surface area contributed by atoms with Crippen LogP contribution in [-0.2, 0) is 9.47 Å². The number of hydrogen-bond donors (Lipinski definition) is 0. The number of ether oxygens (including phenoxy) is 4. The van der Waals surface area contributed by atoms with Gasteiger partial charge >= 0.3 is 12.3 Å². The maximum absolute atomic E-state index is 11.5. The van der Waals surface area contributed by atoms with Crippen LogP contribution in [-0.4, -0.2) is 33.3 Å². The Morgan fingerprint density at radius 1 is 1.00 bits per heavy atom. The molecule has 1 aromatic rings. The molecule has 7 heteroatoms. The van der Waals surface area contributed by atoms with Gasteiger partial charge < -0.3 is 18.9 Å². The molecule has 0 aliphatic carbocycles. The van der Waals surface area contributed by atoms with Gasteiger partial charge in [-0.3, -0.25) is 0 Å². The fourth-order valence-corrected chi connectivity index (χ4v) is 1.48. The van der Waals surface area contributed by atoms with Crippen LogP contribution in [0.5, 0.6) is 11.5 Å². The highest BCUT2D eigenvalue weighted by molar-refractivity contribution is 6.08. The van der Waals surface area contributed by atoms with Gasteiger partial charge in [-0.1, -0.05) is 31.9 Å². The Labute approximate surface area is 124 Å². The molecule has 0 saturated carbocycles. The van der Waals surface area contributed by atoms with Gasteiger partial charge in [0.15, 0.2) is 19.3 Å². The number of rotatable bonds is 7. The average Bonchev–Trinajstić information content (AvgIpc) is 2.46. The summed E-state index contributed by atoms with van der Waals surface area (Å²) in [5, 5.41) is 0. The van der Waals surface area contributed by atoms with Crippen LogP contribution in [0.15, 0.2) is 24.3 Å². The normalized spacial score (nSPS) is 9.76. The molecule has 114 valence electrons. The molecule has 0 N–H and O–H groups in total. The van der Waals surface area contributed by atoms with Gasteiger partial charge in [0.1, 0.15) is 0 Å². The van der Waals surface area contributed by atoms with Gasteiger partial charge in [-0.15, -0.1) is 0 Å². The lowest BCUT2D eigenvalue weighted by Gasteiger charge is -2.10. The number of carbonyl (C=O) groups is 2. The van der Waals surface area contributed by atoms with Crippen LogP contribution < -0.4 is 9.47 Å². The standard InChI is InChI=1S/C14H19BO6/c1-2-3-6-9-18-13(16)20-11-7-4-5-8-12(11)21-14(17)19-10-15/h4-5,7-8H,2-3,6,9-10,15H2,1H3. The van der Waals surface area contributed by atoms with Gasteiger partial charge in [0.25, 0.3) is 0 Å². The molecule has 21 heavy (non-hydrogen) atoms. The van der Waals surface area contributed by atoms with Crippen molar-refractivity contribution >= 4 is 20.2 Å². The van der Waals surface area contributed by atoms with E-state index in [1.807, 2.05) is 0 Å². The molecule has 0 saturated heterocycles. The summed E-state index contributed by atoms with van der Waals surface area (Å²) in [5.74, 6) is 0.201. The molecule has 0 aromatic heterocycles. The molecule has 0 aliphatic rings. The van der Waals surface area contributed by atoms with Gasteiger partial charge in [-0.2, -0.15) is 0 Å². The summed E-state index contributed by atoms with van der Waals surface area (Å²) in [6.07, 6.45) is 1.12. The van der Waals surface area contributed by atoms with Crippen LogP contribution in [0.1, 0.15) is 26.2 Å². The monoisotopic (exact) mass is 294 g/mol. The third kappa shape index (κ3) is 6.69. The van der Waals surface area contributed by atoms with Crippen molar-refractivity contribution in [3.05, 3.63) is 24.3 Å². The Morgan fingerprint density at radius 2 is 1.57 bits per heavy atom. The smallest absolute Gasteiger partial charge is 0.444 e. The highest BCUT2D eigenvalue weighted by Gasteiger charge is 2.14. The summed E-state index contributed by atoms with van der Waals surface area (Å²) in [7, 11) is 1.66. The molecule has 0 bridgehead atoms. The molecule has 6 nitrogen and oxygen atoms in total. The summed E-state index contributed by atoms with van der Waals surface area (Å²) < 4.78 is 19.5. The number of benzene rings is 1. The lowest BCUT2D eigenvalue weighted by molar-refractivity contribution is 0.0927. The predicted octanol–water partition coefficient (Wildman–Crippen LogP) is 2.50. The fourth-order valence-electron chi connectivity index (χ4n) is 1.48. The Morgan fingerprint density at radius 3 is 2.10 bits per heavy atom. The van der Waals surface area contributed by atoms with Crippen LogP contribution in [0.4, 0.5) is 9.59 Å². The predicted molar refractivity (Wildman–Crippen MR) is 78.5 cm³/mol. The number of hydrogen-bond acceptors (Lipinski definition) is 6. The van der Waals surface area contributed by atoms with Gasteiger partial charge in [0.05, 0.1) is 13.1 Å². The first-order valence-electron chi connectivity index (χ1n) is 6.95. The van der Waals surface area contributed by atoms with Crippen molar-refractivity contribution in [3.8, 4) is 11.5 Å². The first-order valence-corrected chi connectivity index (χ1v) is 6.95. The second-order valence-corrected chi connectivity index (χ2v) is 4.14. The van der Waals surface area contributed by atoms with Gasteiger partial charge in [-0.05, 0) is 18.6 Å². The minimum absolute atomic E-state index is 0.0986. The van der Waals surface area contributed by atoms with E-state index in [-0.39, 0.29) is 18.0 Å². The SMILES string of the molecule is BCOC(=O)Oc1ccccc1OC(=O)OCCCCC. The molecule has 0 amide bonds. The lowest BCUT2D eigenvalue weighted by Crippen LogP contribution is -2.15. The summed E-state index contributed by atoms with van der Waals surface area (Å²) >= 11 is 0. The average molecular weight is 294 g/mol. The van der Waals surface area contributed by atoms with E-state index in [2.05, 4.69) is 11.7 Å². The van der Waals surface area contributed by atoms with E-state index in [0.29, 0.717) is 6.61 Å². The zero-order valence-electron chi connectivity index (χ0n) is 12.3. The fraction of sp³-hybridized carbons (Fsp3) is 0.429. The Kier molecular flexibility index (Phi) is 7.78. The first kappa shape index (κ1) is 16.9. The summed E-state index contributed by atoms with van der Waals surface area (Å²) in [6.45, 7) is 2.55. The van der Waals surface area contributed by atoms with Crippen LogP contribution in [0.3, 0.4) is 0 Å². The third-order valence-electron chi connectivity index (χ3n) is 2.47. The largest absolute Gasteiger partial charge is 0.513 e. The number of para-hydroxylation sites is 2. The van der Waals surface area contributed by atoms with E-state index in [9.17, 15) is 9.59 Å². The first-order chi connectivity index (χ1) is 10.2. The van der Waals surface area contributed by atoms with Crippen molar-refractivity contribution in [2.45, 2.75) is 26.2 Å². The van der Waals surface area contributed by atoms with Crippen molar-refractivity contribution < 1.29 is 28.5 Å². The second kappa shape index (κ2) is 9.69. The minimum Gasteiger partial charge on any atom is -0.444 e. The molecular weight excluding hydrogens is 275 g/mol. The Balaban J connectivity index is 2.54. The van der Waals surface area contributed by atoms with Gasteiger partial charge in [-0.25, -0.2) is 9.59 Å². The molecule has 1 aromatic carbocycles. The minimum atomic E-state index is -0.857. The highest BCUT2D eigenvalue weighted by Crippen LogP contribution is 2.27. The molecule has 0 fully saturated rings. The van der Waals surface area contributed by atoms with Crippen molar-refractivity contribution in [3.63, 3.8) is 0 Å². The summed E-state index contributed by atoms with van der Waals surface area (Å²) in [6, 6.07) is 6.30. The summed E-state index contributed by atoms with van der Waals surface area (Å²) in [4.78, 5) is 22.8. The zero-order chi connectivity index (χ0) is 15.5. The Hall–Kier alpha value is -2.18. The van der Waals surface area contributed by atoms with Gasteiger partial charge in [0, 0.05) is 0 Å². The van der Waals surface area contributed by atoms with E-state index in [1.165, 1.54) is 12.1 Å². The van der Waals surface area contributed by atoms with Crippen LogP contribution in [0.25, 0.3) is 0 Å². The molecule has 0 radical (unpaired) electrons. The third-order valence-corrected chi connectivity index (χ3v) is 2.47. The van der Waals surface area contributed by atoms with Crippen LogP contribution >= 0.6 is 0 Å².